The molecule has 30 heavy (non-hydrogen) atoms. The van der Waals surface area contributed by atoms with Gasteiger partial charge in [0, 0.05) is 6.54 Å². The maximum Gasteiger partial charge on any atom is 0.475 e. The fourth-order valence-corrected chi connectivity index (χ4v) is 4.87. The molecule has 0 radical (unpaired) electrons. The van der Waals surface area contributed by atoms with Crippen LogP contribution in [0.2, 0.25) is 0 Å². The fraction of sp³-hybridized carbons (Fsp3) is 0.524. The number of phosphoric ester groups is 1. The van der Waals surface area contributed by atoms with Crippen molar-refractivity contribution in [3.8, 4) is 11.8 Å². The highest BCUT2D eigenvalue weighted by atomic mass is 32.2. The number of nitrogens with zero attached hydrogens (tertiary/aromatic N) is 1. The quantitative estimate of drug-likeness (QED) is 0.268. The first-order valence-corrected chi connectivity index (χ1v) is 12.9. The van der Waals surface area contributed by atoms with E-state index in [4.69, 9.17) is 13.6 Å². The first kappa shape index (κ1) is 24.8. The Labute approximate surface area is 180 Å². The standard InChI is InChI=1S/C21H30NO6PS/c1-4-26-29(23,27-5-2)28-18-7-6-16-22(17-8-9-20-12-13-20)30(24,25)21-14-10-19(3)11-15-21/h8-11,14-15,20H,4-5,12-13,16-18H2,1-3H3/b9-8+. The van der Waals surface area contributed by atoms with E-state index in [9.17, 15) is 13.0 Å². The summed E-state index contributed by atoms with van der Waals surface area (Å²) < 4.78 is 54.8. The van der Waals surface area contributed by atoms with E-state index >= 15 is 0 Å². The molecule has 0 spiro atoms. The lowest BCUT2D eigenvalue weighted by atomic mass is 10.2. The molecule has 0 aliphatic heterocycles. The zero-order valence-electron chi connectivity index (χ0n) is 17.7. The highest BCUT2D eigenvalue weighted by Crippen LogP contribution is 2.48. The van der Waals surface area contributed by atoms with Gasteiger partial charge in [-0.2, -0.15) is 4.31 Å². The second kappa shape index (κ2) is 11.8. The summed E-state index contributed by atoms with van der Waals surface area (Å²) in [5.41, 5.74) is 0.985. The topological polar surface area (TPSA) is 82.1 Å². The molecule has 2 rings (SSSR count). The Morgan fingerprint density at radius 2 is 1.73 bits per heavy atom. The lowest BCUT2D eigenvalue weighted by Crippen LogP contribution is -2.31. The van der Waals surface area contributed by atoms with E-state index in [0.29, 0.717) is 5.92 Å². The number of hydrogen-bond acceptors (Lipinski definition) is 6. The van der Waals surface area contributed by atoms with Gasteiger partial charge in [-0.1, -0.05) is 41.7 Å². The molecule has 0 N–H and O–H groups in total. The molecule has 1 aromatic carbocycles. The summed E-state index contributed by atoms with van der Waals surface area (Å²) in [7, 11) is -7.33. The van der Waals surface area contributed by atoms with Crippen LogP contribution in [0.15, 0.2) is 41.3 Å². The van der Waals surface area contributed by atoms with Gasteiger partial charge in [0.15, 0.2) is 0 Å². The molecule has 1 fully saturated rings. The minimum Gasteiger partial charge on any atom is -0.287 e. The predicted octanol–water partition coefficient (Wildman–Crippen LogP) is 4.15. The van der Waals surface area contributed by atoms with Crippen molar-refractivity contribution in [1.29, 1.82) is 0 Å². The SMILES string of the molecule is CCOP(=O)(OCC)OCC#CCN(C/C=C/C1CC1)S(=O)(=O)c1ccc(C)cc1. The average molecular weight is 456 g/mol. The summed E-state index contributed by atoms with van der Waals surface area (Å²) in [5, 5.41) is 0. The number of sulfonamides is 1. The van der Waals surface area contributed by atoms with Gasteiger partial charge in [0.05, 0.1) is 24.7 Å². The Kier molecular flexibility index (Phi) is 9.76. The third kappa shape index (κ3) is 7.99. The van der Waals surface area contributed by atoms with Crippen LogP contribution in [0, 0.1) is 24.7 Å². The van der Waals surface area contributed by atoms with E-state index in [2.05, 4.69) is 17.9 Å². The summed E-state index contributed by atoms with van der Waals surface area (Å²) in [5.74, 6) is 6.04. The first-order chi connectivity index (χ1) is 14.3. The molecule has 166 valence electrons. The molecule has 0 aromatic heterocycles. The predicted molar refractivity (Wildman–Crippen MR) is 116 cm³/mol. The maximum atomic E-state index is 13.0. The Morgan fingerprint density at radius 1 is 1.10 bits per heavy atom. The Balaban J connectivity index is 2.05. The molecule has 0 atom stereocenters. The van der Waals surface area contributed by atoms with Crippen LogP contribution in [0.4, 0.5) is 0 Å². The highest BCUT2D eigenvalue weighted by Gasteiger charge is 2.25. The van der Waals surface area contributed by atoms with E-state index in [-0.39, 0.29) is 37.8 Å². The molecular weight excluding hydrogens is 425 g/mol. The van der Waals surface area contributed by atoms with E-state index < -0.39 is 17.8 Å². The van der Waals surface area contributed by atoms with Crippen molar-refractivity contribution < 1.29 is 26.6 Å². The molecule has 0 heterocycles. The molecule has 1 aliphatic rings. The van der Waals surface area contributed by atoms with Gasteiger partial charge in [-0.3, -0.25) is 13.6 Å². The monoisotopic (exact) mass is 455 g/mol. The third-order valence-corrected chi connectivity index (χ3v) is 7.67. The number of allylic oxidation sites excluding steroid dienone is 1. The summed E-state index contributed by atoms with van der Waals surface area (Å²) >= 11 is 0. The zero-order chi connectivity index (χ0) is 22.0. The van der Waals surface area contributed by atoms with Crippen LogP contribution in [0.1, 0.15) is 32.3 Å². The molecule has 0 unspecified atom stereocenters. The van der Waals surface area contributed by atoms with E-state index in [1.54, 1.807) is 38.1 Å². The second-order valence-electron chi connectivity index (χ2n) is 6.79. The van der Waals surface area contributed by atoms with Crippen LogP contribution in [0.25, 0.3) is 0 Å². The lowest BCUT2D eigenvalue weighted by molar-refractivity contribution is 0.132. The number of rotatable bonds is 12. The van der Waals surface area contributed by atoms with Crippen LogP contribution in [-0.2, 0) is 28.2 Å². The minimum atomic E-state index is -3.69. The van der Waals surface area contributed by atoms with Crippen molar-refractivity contribution in [2.75, 3.05) is 32.9 Å². The van der Waals surface area contributed by atoms with Crippen LogP contribution in [-0.4, -0.2) is 45.6 Å². The lowest BCUT2D eigenvalue weighted by Gasteiger charge is -2.18. The molecule has 1 saturated carbocycles. The van der Waals surface area contributed by atoms with Crippen molar-refractivity contribution in [2.45, 2.75) is 38.5 Å². The van der Waals surface area contributed by atoms with E-state index in [0.717, 1.165) is 18.4 Å². The second-order valence-corrected chi connectivity index (χ2v) is 10.4. The average Bonchev–Trinajstić information content (AvgIpc) is 3.51. The summed E-state index contributed by atoms with van der Waals surface area (Å²) in [6.07, 6.45) is 6.23. The van der Waals surface area contributed by atoms with Crippen LogP contribution >= 0.6 is 7.82 Å². The Bertz CT molecular complexity index is 903. The highest BCUT2D eigenvalue weighted by molar-refractivity contribution is 7.89. The van der Waals surface area contributed by atoms with Crippen molar-refractivity contribution in [3.63, 3.8) is 0 Å². The van der Waals surface area contributed by atoms with Gasteiger partial charge in [0.2, 0.25) is 10.0 Å². The zero-order valence-corrected chi connectivity index (χ0v) is 19.5. The van der Waals surface area contributed by atoms with Gasteiger partial charge in [-0.25, -0.2) is 13.0 Å². The molecule has 0 amide bonds. The summed E-state index contributed by atoms with van der Waals surface area (Å²) in [6, 6.07) is 6.73. The van der Waals surface area contributed by atoms with Crippen LogP contribution in [0.5, 0.6) is 0 Å². The third-order valence-electron chi connectivity index (χ3n) is 4.25. The molecule has 0 bridgehead atoms. The largest absolute Gasteiger partial charge is 0.475 e. The van der Waals surface area contributed by atoms with Gasteiger partial charge in [-0.15, -0.1) is 0 Å². The Morgan fingerprint density at radius 3 is 2.30 bits per heavy atom. The van der Waals surface area contributed by atoms with E-state index in [1.165, 1.54) is 4.31 Å². The first-order valence-electron chi connectivity index (χ1n) is 10.0. The number of aryl methyl sites for hydroxylation is 1. The maximum absolute atomic E-state index is 13.0. The molecule has 0 saturated heterocycles. The minimum absolute atomic E-state index is 0.0118. The Hall–Kier alpha value is -1.46. The number of hydrogen-bond donors (Lipinski definition) is 0. The molecule has 1 aliphatic carbocycles. The van der Waals surface area contributed by atoms with Gasteiger partial charge in [-0.05, 0) is 51.7 Å². The van der Waals surface area contributed by atoms with Crippen molar-refractivity contribution in [1.82, 2.24) is 4.31 Å². The molecule has 9 heteroatoms. The van der Waals surface area contributed by atoms with Crippen LogP contribution in [0.3, 0.4) is 0 Å². The number of phosphoric acid groups is 1. The van der Waals surface area contributed by atoms with Gasteiger partial charge in [0.1, 0.15) is 6.61 Å². The van der Waals surface area contributed by atoms with Crippen molar-refractivity contribution in [2.24, 2.45) is 5.92 Å². The van der Waals surface area contributed by atoms with Gasteiger partial charge in [0.25, 0.3) is 0 Å². The number of benzene rings is 1. The summed E-state index contributed by atoms with van der Waals surface area (Å²) in [6.45, 7) is 5.67. The summed E-state index contributed by atoms with van der Waals surface area (Å²) in [4.78, 5) is 0.225. The normalized spacial score (nSPS) is 14.8. The van der Waals surface area contributed by atoms with Crippen LogP contribution < -0.4 is 0 Å². The van der Waals surface area contributed by atoms with Crippen molar-refractivity contribution in [3.05, 3.63) is 42.0 Å². The smallest absolute Gasteiger partial charge is 0.287 e. The van der Waals surface area contributed by atoms with E-state index in [1.807, 2.05) is 13.0 Å². The van der Waals surface area contributed by atoms with Gasteiger partial charge < -0.3 is 0 Å². The molecule has 1 aromatic rings. The fourth-order valence-electron chi connectivity index (χ4n) is 2.50. The van der Waals surface area contributed by atoms with Gasteiger partial charge >= 0.3 is 7.82 Å². The van der Waals surface area contributed by atoms with Crippen molar-refractivity contribution >= 4 is 17.8 Å². The molecular formula is C21H30NO6PS. The molecule has 7 nitrogen and oxygen atoms in total.